The fourth-order valence-corrected chi connectivity index (χ4v) is 3.76. The third kappa shape index (κ3) is 5.01. The van der Waals surface area contributed by atoms with Gasteiger partial charge in [-0.2, -0.15) is 0 Å². The number of benzene rings is 3. The largest absolute Gasteiger partial charge is 0.508 e. The molecule has 0 aliphatic carbocycles. The maximum atomic E-state index is 10.7. The predicted octanol–water partition coefficient (Wildman–Crippen LogP) is 7.63. The third-order valence-electron chi connectivity index (χ3n) is 5.22. The molecule has 0 saturated carbocycles. The second-order valence-corrected chi connectivity index (χ2v) is 7.24. The highest BCUT2D eigenvalue weighted by Crippen LogP contribution is 2.39. The number of phenols is 1. The maximum absolute atomic E-state index is 10.7. The lowest BCUT2D eigenvalue weighted by Crippen LogP contribution is -1.96. The van der Waals surface area contributed by atoms with Crippen molar-refractivity contribution in [1.82, 2.24) is 0 Å². The first-order chi connectivity index (χ1) is 13.3. The summed E-state index contributed by atoms with van der Waals surface area (Å²) in [5.74, 6) is 0.419. The van der Waals surface area contributed by atoms with E-state index in [9.17, 15) is 5.11 Å². The van der Waals surface area contributed by atoms with Crippen molar-refractivity contribution >= 4 is 0 Å². The molecule has 0 heterocycles. The number of phenolic OH excluding ortho intramolecular Hbond substituents is 1. The second-order valence-electron chi connectivity index (χ2n) is 7.24. The van der Waals surface area contributed by atoms with E-state index in [1.54, 1.807) is 0 Å². The first kappa shape index (κ1) is 19.2. The average Bonchev–Trinajstić information content (AvgIpc) is 2.72. The van der Waals surface area contributed by atoms with Gasteiger partial charge in [0.1, 0.15) is 5.75 Å². The molecule has 0 aliphatic heterocycles. The molecule has 0 bridgehead atoms. The number of hydrogen-bond acceptors (Lipinski definition) is 1. The van der Waals surface area contributed by atoms with Crippen molar-refractivity contribution in [2.24, 2.45) is 0 Å². The summed E-state index contributed by atoms with van der Waals surface area (Å²) < 4.78 is 0. The zero-order chi connectivity index (χ0) is 18.9. The highest BCUT2D eigenvalue weighted by molar-refractivity contribution is 5.87. The summed E-state index contributed by atoms with van der Waals surface area (Å²) in [4.78, 5) is 0. The van der Waals surface area contributed by atoms with Crippen LogP contribution < -0.4 is 0 Å². The van der Waals surface area contributed by atoms with E-state index in [2.05, 4.69) is 61.5 Å². The topological polar surface area (TPSA) is 20.2 Å². The van der Waals surface area contributed by atoms with Crippen molar-refractivity contribution in [2.75, 3.05) is 0 Å². The summed E-state index contributed by atoms with van der Waals surface area (Å²) in [5, 5.41) is 10.7. The Labute approximate surface area is 163 Å². The number of rotatable bonds is 9. The van der Waals surface area contributed by atoms with Crippen LogP contribution in [0.15, 0.2) is 72.8 Å². The minimum absolute atomic E-state index is 0.419. The molecule has 3 aromatic rings. The van der Waals surface area contributed by atoms with E-state index in [4.69, 9.17) is 0 Å². The van der Waals surface area contributed by atoms with Gasteiger partial charge in [-0.1, -0.05) is 106 Å². The van der Waals surface area contributed by atoms with E-state index in [1.807, 2.05) is 18.2 Å². The Morgan fingerprint density at radius 1 is 0.630 bits per heavy atom. The first-order valence-corrected chi connectivity index (χ1v) is 10.3. The van der Waals surface area contributed by atoms with Crippen LogP contribution in [0, 0.1) is 0 Å². The van der Waals surface area contributed by atoms with Crippen LogP contribution in [0.2, 0.25) is 0 Å². The van der Waals surface area contributed by atoms with Crippen LogP contribution >= 0.6 is 0 Å². The van der Waals surface area contributed by atoms with Crippen LogP contribution in [0.1, 0.15) is 51.0 Å². The quantitative estimate of drug-likeness (QED) is 0.390. The molecule has 0 fully saturated rings. The van der Waals surface area contributed by atoms with Crippen LogP contribution in [0.5, 0.6) is 5.75 Å². The third-order valence-corrected chi connectivity index (χ3v) is 5.22. The van der Waals surface area contributed by atoms with Gasteiger partial charge in [-0.05, 0) is 41.2 Å². The van der Waals surface area contributed by atoms with Gasteiger partial charge in [0.2, 0.25) is 0 Å². The SMILES string of the molecule is CCCCCCCCc1c(O)ccc(-c2ccccc2)c1-c1ccccc1. The van der Waals surface area contributed by atoms with Crippen molar-refractivity contribution in [2.45, 2.75) is 51.9 Å². The van der Waals surface area contributed by atoms with Gasteiger partial charge in [0, 0.05) is 5.56 Å². The Hall–Kier alpha value is -2.54. The number of aromatic hydroxyl groups is 1. The lowest BCUT2D eigenvalue weighted by Gasteiger charge is -2.17. The number of hydrogen-bond donors (Lipinski definition) is 1. The van der Waals surface area contributed by atoms with Crippen molar-refractivity contribution in [3.63, 3.8) is 0 Å². The molecule has 0 spiro atoms. The molecule has 3 rings (SSSR count). The van der Waals surface area contributed by atoms with E-state index in [0.717, 1.165) is 18.4 Å². The Bertz CT molecular complexity index is 822. The van der Waals surface area contributed by atoms with E-state index in [0.29, 0.717) is 5.75 Å². The highest BCUT2D eigenvalue weighted by atomic mass is 16.3. The fraction of sp³-hybridized carbons (Fsp3) is 0.308. The molecular weight excluding hydrogens is 328 g/mol. The molecule has 1 nitrogen and oxygen atoms in total. The van der Waals surface area contributed by atoms with Gasteiger partial charge in [-0.15, -0.1) is 0 Å². The molecule has 0 amide bonds. The fourth-order valence-electron chi connectivity index (χ4n) is 3.76. The summed E-state index contributed by atoms with van der Waals surface area (Å²) in [6, 6.07) is 24.9. The van der Waals surface area contributed by atoms with E-state index in [-0.39, 0.29) is 0 Å². The molecule has 0 unspecified atom stereocenters. The highest BCUT2D eigenvalue weighted by Gasteiger charge is 2.15. The predicted molar refractivity (Wildman–Crippen MR) is 116 cm³/mol. The molecule has 3 aromatic carbocycles. The minimum Gasteiger partial charge on any atom is -0.508 e. The first-order valence-electron chi connectivity index (χ1n) is 10.3. The van der Waals surface area contributed by atoms with Gasteiger partial charge >= 0.3 is 0 Å². The lowest BCUT2D eigenvalue weighted by molar-refractivity contribution is 0.466. The molecule has 27 heavy (non-hydrogen) atoms. The lowest BCUT2D eigenvalue weighted by atomic mass is 9.88. The molecular formula is C26H30O. The van der Waals surface area contributed by atoms with Crippen molar-refractivity contribution in [3.05, 3.63) is 78.4 Å². The number of unbranched alkanes of at least 4 members (excludes halogenated alkanes) is 5. The monoisotopic (exact) mass is 358 g/mol. The van der Waals surface area contributed by atoms with Crippen molar-refractivity contribution in [1.29, 1.82) is 0 Å². The van der Waals surface area contributed by atoms with Crippen LogP contribution in [-0.2, 0) is 6.42 Å². The minimum atomic E-state index is 0.419. The maximum Gasteiger partial charge on any atom is 0.119 e. The van der Waals surface area contributed by atoms with Gasteiger partial charge in [-0.3, -0.25) is 0 Å². The molecule has 1 heteroatoms. The van der Waals surface area contributed by atoms with Gasteiger partial charge in [0.25, 0.3) is 0 Å². The van der Waals surface area contributed by atoms with Crippen LogP contribution in [0.25, 0.3) is 22.3 Å². The molecule has 0 aliphatic rings. The summed E-state index contributed by atoms with van der Waals surface area (Å²) in [7, 11) is 0. The van der Waals surface area contributed by atoms with Gasteiger partial charge < -0.3 is 5.11 Å². The Kier molecular flexibility index (Phi) is 7.10. The molecule has 0 atom stereocenters. The molecule has 0 saturated heterocycles. The van der Waals surface area contributed by atoms with Crippen LogP contribution in [0.4, 0.5) is 0 Å². The van der Waals surface area contributed by atoms with Crippen molar-refractivity contribution < 1.29 is 5.11 Å². The van der Waals surface area contributed by atoms with Crippen LogP contribution in [-0.4, -0.2) is 5.11 Å². The van der Waals surface area contributed by atoms with E-state index < -0.39 is 0 Å². The summed E-state index contributed by atoms with van der Waals surface area (Å²) >= 11 is 0. The Balaban J connectivity index is 1.94. The van der Waals surface area contributed by atoms with E-state index in [1.165, 1.54) is 54.4 Å². The molecule has 1 N–H and O–H groups in total. The van der Waals surface area contributed by atoms with Crippen LogP contribution in [0.3, 0.4) is 0 Å². The van der Waals surface area contributed by atoms with Gasteiger partial charge in [-0.25, -0.2) is 0 Å². The normalized spacial score (nSPS) is 10.9. The molecule has 140 valence electrons. The summed E-state index contributed by atoms with van der Waals surface area (Å²) in [6.45, 7) is 2.25. The molecule has 0 radical (unpaired) electrons. The van der Waals surface area contributed by atoms with Gasteiger partial charge in [0.15, 0.2) is 0 Å². The zero-order valence-corrected chi connectivity index (χ0v) is 16.3. The smallest absolute Gasteiger partial charge is 0.119 e. The summed E-state index contributed by atoms with van der Waals surface area (Å²) in [5.41, 5.74) is 5.82. The standard InChI is InChI=1S/C26H30O/c1-2-3-4-5-6-13-18-24-25(27)20-19-23(21-14-9-7-10-15-21)26(24)22-16-11-8-12-17-22/h7-12,14-17,19-20,27H,2-6,13,18H2,1H3. The van der Waals surface area contributed by atoms with Gasteiger partial charge in [0.05, 0.1) is 0 Å². The average molecular weight is 359 g/mol. The second kappa shape index (κ2) is 9.97. The Morgan fingerprint density at radius 2 is 1.22 bits per heavy atom. The zero-order valence-electron chi connectivity index (χ0n) is 16.3. The summed E-state index contributed by atoms with van der Waals surface area (Å²) in [6.07, 6.45) is 8.47. The molecule has 0 aromatic heterocycles. The van der Waals surface area contributed by atoms with Crippen molar-refractivity contribution in [3.8, 4) is 28.0 Å². The Morgan fingerprint density at radius 3 is 1.89 bits per heavy atom. The van der Waals surface area contributed by atoms with E-state index >= 15 is 0 Å².